The fraction of sp³-hybridized carbons (Fsp3) is 0.174. The van der Waals surface area contributed by atoms with Crippen LogP contribution in [0.4, 0.5) is 0 Å². The zero-order valence-electron chi connectivity index (χ0n) is 16.3. The molecule has 6 heteroatoms. The molecular formula is C23H21N3O3. The molecule has 0 atom stereocenters. The summed E-state index contributed by atoms with van der Waals surface area (Å²) in [6, 6.07) is 18.6. The monoisotopic (exact) mass is 387 g/mol. The minimum absolute atomic E-state index is 0.383. The lowest BCUT2D eigenvalue weighted by molar-refractivity contribution is 0.0730. The number of hydrogen-bond acceptors (Lipinski definition) is 5. The number of nitrogens with zero attached hydrogens (tertiary/aromatic N) is 3. The smallest absolute Gasteiger partial charge is 0.344 e. The lowest BCUT2D eigenvalue weighted by Crippen LogP contribution is -2.11. The number of para-hydroxylation sites is 2. The van der Waals surface area contributed by atoms with Crippen molar-refractivity contribution < 1.29 is 14.3 Å². The summed E-state index contributed by atoms with van der Waals surface area (Å²) in [6.07, 6.45) is 1.66. The second-order valence-electron chi connectivity index (χ2n) is 6.39. The van der Waals surface area contributed by atoms with Crippen LogP contribution in [0, 0.1) is 0 Å². The van der Waals surface area contributed by atoms with E-state index < -0.39 is 5.97 Å². The maximum atomic E-state index is 13.1. The predicted octanol–water partition coefficient (Wildman–Crippen LogP) is 4.74. The van der Waals surface area contributed by atoms with Crippen molar-refractivity contribution >= 4 is 17.0 Å². The van der Waals surface area contributed by atoms with Crippen molar-refractivity contribution in [1.29, 1.82) is 0 Å². The number of aromatic nitrogens is 3. The summed E-state index contributed by atoms with van der Waals surface area (Å²) in [6.45, 7) is 5.00. The summed E-state index contributed by atoms with van der Waals surface area (Å²) in [5.41, 5.74) is 2.68. The van der Waals surface area contributed by atoms with Gasteiger partial charge in [0.15, 0.2) is 17.1 Å². The molecule has 2 heterocycles. The van der Waals surface area contributed by atoms with E-state index in [0.29, 0.717) is 46.9 Å². The van der Waals surface area contributed by atoms with Crippen LogP contribution >= 0.6 is 0 Å². The largest absolute Gasteiger partial charge is 0.490 e. The van der Waals surface area contributed by atoms with Crippen molar-refractivity contribution in [2.24, 2.45) is 0 Å². The molecule has 0 saturated carbocycles. The van der Waals surface area contributed by atoms with E-state index in [2.05, 4.69) is 5.10 Å². The molecule has 0 radical (unpaired) electrons. The molecule has 2 aromatic heterocycles. The number of fused-ring (bicyclic) bond motifs is 1. The van der Waals surface area contributed by atoms with Crippen molar-refractivity contribution in [2.75, 3.05) is 6.61 Å². The number of ether oxygens (including phenoxy) is 2. The highest BCUT2D eigenvalue weighted by Gasteiger charge is 2.20. The molecule has 0 bridgehead atoms. The van der Waals surface area contributed by atoms with Crippen molar-refractivity contribution in [3.05, 3.63) is 72.4 Å². The molecule has 0 aliphatic heterocycles. The molecule has 0 aliphatic rings. The van der Waals surface area contributed by atoms with E-state index in [0.717, 1.165) is 5.56 Å². The minimum atomic E-state index is -0.475. The average molecular weight is 387 g/mol. The summed E-state index contributed by atoms with van der Waals surface area (Å²) in [7, 11) is 0. The molecule has 146 valence electrons. The van der Waals surface area contributed by atoms with E-state index in [1.807, 2.05) is 50.2 Å². The molecule has 4 aromatic rings. The molecule has 0 unspecified atom stereocenters. The molecule has 2 aromatic carbocycles. The molecule has 29 heavy (non-hydrogen) atoms. The Morgan fingerprint density at radius 3 is 2.45 bits per heavy atom. The highest BCUT2D eigenvalue weighted by Crippen LogP contribution is 2.30. The van der Waals surface area contributed by atoms with Crippen LogP contribution in [0.1, 0.15) is 24.2 Å². The number of benzene rings is 2. The van der Waals surface area contributed by atoms with Crippen LogP contribution in [0.25, 0.3) is 22.3 Å². The first-order valence-corrected chi connectivity index (χ1v) is 9.57. The quantitative estimate of drug-likeness (QED) is 0.353. The first-order valence-electron chi connectivity index (χ1n) is 9.57. The van der Waals surface area contributed by atoms with Crippen LogP contribution in [0.15, 0.2) is 66.9 Å². The molecule has 0 amide bonds. The number of pyridine rings is 1. The zero-order valence-corrected chi connectivity index (χ0v) is 16.3. The summed E-state index contributed by atoms with van der Waals surface area (Å²) in [4.78, 5) is 17.9. The van der Waals surface area contributed by atoms with Gasteiger partial charge in [-0.1, -0.05) is 42.5 Å². The van der Waals surface area contributed by atoms with Crippen LogP contribution < -0.4 is 9.47 Å². The fourth-order valence-electron chi connectivity index (χ4n) is 3.17. The lowest BCUT2D eigenvalue weighted by atomic mass is 10.1. The number of aryl methyl sites for hydroxylation is 1. The van der Waals surface area contributed by atoms with Gasteiger partial charge in [-0.3, -0.25) is 0 Å². The Morgan fingerprint density at radius 2 is 1.72 bits per heavy atom. The Hall–Kier alpha value is -3.67. The van der Waals surface area contributed by atoms with Gasteiger partial charge in [0, 0.05) is 12.1 Å². The molecular weight excluding hydrogens is 366 g/mol. The van der Waals surface area contributed by atoms with Gasteiger partial charge in [-0.2, -0.15) is 5.10 Å². The first-order chi connectivity index (χ1) is 14.2. The van der Waals surface area contributed by atoms with Gasteiger partial charge in [-0.25, -0.2) is 14.5 Å². The van der Waals surface area contributed by atoms with E-state index in [-0.39, 0.29) is 0 Å². The first kappa shape index (κ1) is 18.7. The second-order valence-corrected chi connectivity index (χ2v) is 6.39. The Morgan fingerprint density at radius 1 is 1.00 bits per heavy atom. The van der Waals surface area contributed by atoms with Crippen LogP contribution in [-0.2, 0) is 6.54 Å². The molecule has 0 spiro atoms. The van der Waals surface area contributed by atoms with Crippen LogP contribution in [-0.4, -0.2) is 27.3 Å². The van der Waals surface area contributed by atoms with Gasteiger partial charge in [-0.15, -0.1) is 0 Å². The number of esters is 1. The zero-order chi connectivity index (χ0) is 20.2. The predicted molar refractivity (Wildman–Crippen MR) is 111 cm³/mol. The van der Waals surface area contributed by atoms with Gasteiger partial charge in [-0.05, 0) is 32.0 Å². The third kappa shape index (κ3) is 3.69. The number of rotatable bonds is 6. The summed E-state index contributed by atoms with van der Waals surface area (Å²) >= 11 is 0. The van der Waals surface area contributed by atoms with Gasteiger partial charge in [0.25, 0.3) is 0 Å². The fourth-order valence-corrected chi connectivity index (χ4v) is 3.17. The average Bonchev–Trinajstić information content (AvgIpc) is 3.18. The molecule has 6 nitrogen and oxygen atoms in total. The standard InChI is InChI=1S/C23H21N3O3/c1-3-26-22-18(15-24-26)17(14-19(25-22)16-10-6-5-7-11-16)23(27)29-21-13-9-8-12-20(21)28-4-2/h5-15H,3-4H2,1-2H3. The van der Waals surface area contributed by atoms with Crippen LogP contribution in [0.3, 0.4) is 0 Å². The van der Waals surface area contributed by atoms with E-state index in [9.17, 15) is 4.79 Å². The summed E-state index contributed by atoms with van der Waals surface area (Å²) in [5, 5.41) is 5.03. The highest BCUT2D eigenvalue weighted by atomic mass is 16.6. The maximum absolute atomic E-state index is 13.1. The van der Waals surface area contributed by atoms with Gasteiger partial charge in [0.2, 0.25) is 0 Å². The third-order valence-electron chi connectivity index (χ3n) is 4.55. The SMILES string of the molecule is CCOc1ccccc1OC(=O)c1cc(-c2ccccc2)nc2c1cnn2CC. The number of carbonyl (C=O) groups excluding carboxylic acids is 1. The Bertz CT molecular complexity index is 1150. The Balaban J connectivity index is 1.80. The van der Waals surface area contributed by atoms with Gasteiger partial charge < -0.3 is 9.47 Å². The van der Waals surface area contributed by atoms with Gasteiger partial charge in [0.05, 0.1) is 29.4 Å². The van der Waals surface area contributed by atoms with Crippen LogP contribution in [0.5, 0.6) is 11.5 Å². The Labute approximate surface area is 168 Å². The molecule has 0 fully saturated rings. The summed E-state index contributed by atoms with van der Waals surface area (Å²) < 4.78 is 13.0. The normalized spacial score (nSPS) is 10.8. The maximum Gasteiger partial charge on any atom is 0.344 e. The molecule has 0 N–H and O–H groups in total. The number of hydrogen-bond donors (Lipinski definition) is 0. The van der Waals surface area contributed by atoms with Gasteiger partial charge >= 0.3 is 5.97 Å². The third-order valence-corrected chi connectivity index (χ3v) is 4.55. The van der Waals surface area contributed by atoms with Crippen molar-refractivity contribution in [3.63, 3.8) is 0 Å². The Kier molecular flexibility index (Phi) is 5.24. The molecule has 0 saturated heterocycles. The molecule has 4 rings (SSSR count). The highest BCUT2D eigenvalue weighted by molar-refractivity contribution is 6.04. The number of carbonyl (C=O) groups is 1. The van der Waals surface area contributed by atoms with Crippen molar-refractivity contribution in [1.82, 2.24) is 14.8 Å². The van der Waals surface area contributed by atoms with E-state index in [1.54, 1.807) is 35.1 Å². The van der Waals surface area contributed by atoms with Crippen molar-refractivity contribution in [3.8, 4) is 22.8 Å². The molecule has 0 aliphatic carbocycles. The van der Waals surface area contributed by atoms with E-state index >= 15 is 0 Å². The minimum Gasteiger partial charge on any atom is -0.490 e. The van der Waals surface area contributed by atoms with E-state index in [4.69, 9.17) is 14.5 Å². The van der Waals surface area contributed by atoms with E-state index in [1.165, 1.54) is 0 Å². The topological polar surface area (TPSA) is 66.2 Å². The summed E-state index contributed by atoms with van der Waals surface area (Å²) in [5.74, 6) is 0.437. The van der Waals surface area contributed by atoms with Crippen LogP contribution in [0.2, 0.25) is 0 Å². The van der Waals surface area contributed by atoms with Gasteiger partial charge in [0.1, 0.15) is 0 Å². The second kappa shape index (κ2) is 8.14. The van der Waals surface area contributed by atoms with Crippen molar-refractivity contribution in [2.45, 2.75) is 20.4 Å². The lowest BCUT2D eigenvalue weighted by Gasteiger charge is -2.11.